The average molecular weight is 566 g/mol. The zero-order chi connectivity index (χ0) is 31.3. The second kappa shape index (κ2) is 20.8. The zero-order valence-electron chi connectivity index (χ0n) is 27.0. The molecular weight excluding hydrogens is 514 g/mol. The summed E-state index contributed by atoms with van der Waals surface area (Å²) in [5.74, 6) is 0.778. The summed E-state index contributed by atoms with van der Waals surface area (Å²) in [5, 5.41) is 2.88. The highest BCUT2D eigenvalue weighted by Crippen LogP contribution is 2.25. The monoisotopic (exact) mass is 565 g/mol. The number of unbranched alkanes of at least 4 members (excludes halogenated alkanes) is 1. The summed E-state index contributed by atoms with van der Waals surface area (Å²) in [6.45, 7) is 17.1. The van der Waals surface area contributed by atoms with Gasteiger partial charge in [-0.3, -0.25) is 9.59 Å². The Hall–Kier alpha value is -3.98. The molecule has 224 valence electrons. The average Bonchev–Trinajstić information content (AvgIpc) is 3.03. The van der Waals surface area contributed by atoms with Crippen molar-refractivity contribution in [2.24, 2.45) is 5.92 Å². The largest absolute Gasteiger partial charge is 0.322 e. The van der Waals surface area contributed by atoms with E-state index in [0.29, 0.717) is 16.8 Å². The topological polar surface area (TPSA) is 46.2 Å². The van der Waals surface area contributed by atoms with Crippen LogP contribution in [0.25, 0.3) is 11.1 Å². The van der Waals surface area contributed by atoms with Gasteiger partial charge in [-0.05, 0) is 79.3 Å². The molecule has 0 aliphatic heterocycles. The molecule has 1 amide bonds. The van der Waals surface area contributed by atoms with Crippen molar-refractivity contribution in [3.05, 3.63) is 125 Å². The number of amides is 1. The van der Waals surface area contributed by atoms with E-state index in [1.165, 1.54) is 42.4 Å². The van der Waals surface area contributed by atoms with E-state index in [4.69, 9.17) is 0 Å². The minimum atomic E-state index is -0.176. The molecule has 0 radical (unpaired) electrons. The van der Waals surface area contributed by atoms with Crippen LogP contribution in [0.15, 0.2) is 97.1 Å². The molecule has 4 rings (SSSR count). The predicted molar refractivity (Wildman–Crippen MR) is 183 cm³/mol. The standard InChI is InChI=1S/C21H17NO2.C8H10.C8H18.C2H6/c1-15-6-10-17(11-7-15)19-4-2-3-5-20(19)21(24)22-18-12-8-16(14-23)9-13-18;1-7-5-3-4-6-8(7)2;1-4-6-7-8(3)5-2;1-2/h2-14H,1H3,(H,22,24);3-6H,1-2H3;8H,4-7H2,1-3H3;1-2H3/t;;8-;/m..1./s1. The summed E-state index contributed by atoms with van der Waals surface area (Å²) in [6, 6.07) is 30.8. The number of carbonyl (C=O) groups is 2. The van der Waals surface area contributed by atoms with Gasteiger partial charge in [-0.2, -0.15) is 0 Å². The van der Waals surface area contributed by atoms with E-state index in [0.717, 1.165) is 23.3 Å². The molecule has 0 bridgehead atoms. The summed E-state index contributed by atoms with van der Waals surface area (Å²) in [5.41, 5.74) is 7.65. The molecule has 4 aromatic carbocycles. The number of hydrogen-bond acceptors (Lipinski definition) is 2. The molecule has 0 spiro atoms. The van der Waals surface area contributed by atoms with Crippen LogP contribution in [-0.2, 0) is 0 Å². The van der Waals surface area contributed by atoms with Gasteiger partial charge in [0.15, 0.2) is 0 Å². The van der Waals surface area contributed by atoms with E-state index in [1.54, 1.807) is 24.3 Å². The number of carbonyl (C=O) groups excluding carboxylic acids is 2. The van der Waals surface area contributed by atoms with Crippen molar-refractivity contribution in [1.29, 1.82) is 0 Å². The first-order chi connectivity index (χ1) is 20.3. The molecule has 0 aromatic heterocycles. The summed E-state index contributed by atoms with van der Waals surface area (Å²) < 4.78 is 0. The number of nitrogens with one attached hydrogen (secondary N) is 1. The van der Waals surface area contributed by atoms with Gasteiger partial charge in [0.1, 0.15) is 6.29 Å². The van der Waals surface area contributed by atoms with Gasteiger partial charge in [0.05, 0.1) is 0 Å². The highest BCUT2D eigenvalue weighted by molar-refractivity contribution is 6.08. The number of anilines is 1. The molecule has 0 aliphatic carbocycles. The Kier molecular flexibility index (Phi) is 17.9. The quantitative estimate of drug-likeness (QED) is 0.216. The second-order valence-electron chi connectivity index (χ2n) is 10.3. The van der Waals surface area contributed by atoms with Crippen LogP contribution in [0, 0.1) is 26.7 Å². The van der Waals surface area contributed by atoms with Crippen molar-refractivity contribution in [3.63, 3.8) is 0 Å². The van der Waals surface area contributed by atoms with E-state index >= 15 is 0 Å². The van der Waals surface area contributed by atoms with Crippen molar-refractivity contribution >= 4 is 17.9 Å². The van der Waals surface area contributed by atoms with Crippen LogP contribution in [0.2, 0.25) is 0 Å². The Labute approximate surface area is 255 Å². The van der Waals surface area contributed by atoms with Gasteiger partial charge in [0.25, 0.3) is 5.91 Å². The van der Waals surface area contributed by atoms with Crippen molar-refractivity contribution in [3.8, 4) is 11.1 Å². The maximum atomic E-state index is 12.6. The maximum absolute atomic E-state index is 12.6. The molecule has 0 saturated carbocycles. The summed E-state index contributed by atoms with van der Waals surface area (Å²) in [6.07, 6.45) is 6.31. The lowest BCUT2D eigenvalue weighted by atomic mass is 9.98. The van der Waals surface area contributed by atoms with Crippen molar-refractivity contribution in [2.75, 3.05) is 5.32 Å². The number of aldehydes is 1. The summed E-state index contributed by atoms with van der Waals surface area (Å²) in [4.78, 5) is 23.3. The van der Waals surface area contributed by atoms with Crippen LogP contribution in [0.5, 0.6) is 0 Å². The molecule has 3 nitrogen and oxygen atoms in total. The van der Waals surface area contributed by atoms with Crippen LogP contribution in [0.1, 0.15) is 97.7 Å². The molecule has 1 atom stereocenters. The predicted octanol–water partition coefficient (Wildman–Crippen LogP) is 11.3. The van der Waals surface area contributed by atoms with Gasteiger partial charge in [-0.15, -0.1) is 0 Å². The van der Waals surface area contributed by atoms with Crippen molar-refractivity contribution < 1.29 is 9.59 Å². The molecular formula is C39H51NO2. The fourth-order valence-corrected chi connectivity index (χ4v) is 3.93. The first-order valence-corrected chi connectivity index (χ1v) is 15.3. The van der Waals surface area contributed by atoms with Crippen LogP contribution in [0.4, 0.5) is 5.69 Å². The van der Waals surface area contributed by atoms with Gasteiger partial charge < -0.3 is 5.32 Å². The van der Waals surface area contributed by atoms with E-state index in [9.17, 15) is 9.59 Å². The van der Waals surface area contributed by atoms with Gasteiger partial charge in [0, 0.05) is 16.8 Å². The fourth-order valence-electron chi connectivity index (χ4n) is 3.93. The molecule has 42 heavy (non-hydrogen) atoms. The lowest BCUT2D eigenvalue weighted by Gasteiger charge is -2.11. The Balaban J connectivity index is 0.000000401. The summed E-state index contributed by atoms with van der Waals surface area (Å²) >= 11 is 0. The zero-order valence-corrected chi connectivity index (χ0v) is 27.0. The molecule has 4 aromatic rings. The molecule has 1 N–H and O–H groups in total. The Morgan fingerprint density at radius 3 is 1.81 bits per heavy atom. The van der Waals surface area contributed by atoms with Crippen LogP contribution in [0.3, 0.4) is 0 Å². The smallest absolute Gasteiger partial charge is 0.256 e. The van der Waals surface area contributed by atoms with E-state index in [1.807, 2.05) is 69.3 Å². The van der Waals surface area contributed by atoms with Crippen molar-refractivity contribution in [2.45, 2.75) is 81.1 Å². The lowest BCUT2D eigenvalue weighted by Crippen LogP contribution is -2.13. The van der Waals surface area contributed by atoms with Crippen molar-refractivity contribution in [1.82, 2.24) is 0 Å². The molecule has 0 heterocycles. The van der Waals surface area contributed by atoms with E-state index < -0.39 is 0 Å². The number of aryl methyl sites for hydroxylation is 3. The normalized spacial score (nSPS) is 10.4. The van der Waals surface area contributed by atoms with Crippen LogP contribution >= 0.6 is 0 Å². The number of hydrogen-bond donors (Lipinski definition) is 1. The third kappa shape index (κ3) is 13.1. The molecule has 0 saturated heterocycles. The van der Waals surface area contributed by atoms with Gasteiger partial charge in [-0.25, -0.2) is 0 Å². The maximum Gasteiger partial charge on any atom is 0.256 e. The Morgan fingerprint density at radius 2 is 1.31 bits per heavy atom. The van der Waals surface area contributed by atoms with Crippen LogP contribution < -0.4 is 5.32 Å². The Morgan fingerprint density at radius 1 is 0.762 bits per heavy atom. The number of rotatable bonds is 8. The molecule has 3 heteroatoms. The number of benzene rings is 4. The lowest BCUT2D eigenvalue weighted by molar-refractivity contribution is 0.102. The first kappa shape index (κ1) is 36.0. The van der Waals surface area contributed by atoms with Gasteiger partial charge in [-0.1, -0.05) is 133 Å². The summed E-state index contributed by atoms with van der Waals surface area (Å²) in [7, 11) is 0. The third-order valence-corrected chi connectivity index (χ3v) is 7.01. The van der Waals surface area contributed by atoms with Crippen LogP contribution in [-0.4, -0.2) is 12.2 Å². The SMILES string of the molecule is CC.CCCC[C@H](C)CC.Cc1ccc(-c2ccccc2C(=O)Nc2ccc(C=O)cc2)cc1.Cc1ccccc1C. The van der Waals surface area contributed by atoms with Gasteiger partial charge >= 0.3 is 0 Å². The second-order valence-corrected chi connectivity index (χ2v) is 10.3. The minimum absolute atomic E-state index is 0.176. The third-order valence-electron chi connectivity index (χ3n) is 7.01. The fraction of sp³-hybridized carbons (Fsp3) is 0.333. The molecule has 0 fully saturated rings. The molecule has 0 unspecified atom stereocenters. The minimum Gasteiger partial charge on any atom is -0.322 e. The highest BCUT2D eigenvalue weighted by Gasteiger charge is 2.12. The first-order valence-electron chi connectivity index (χ1n) is 15.3. The molecule has 0 aliphatic rings. The Bertz CT molecular complexity index is 1290. The van der Waals surface area contributed by atoms with E-state index in [2.05, 4.69) is 64.2 Å². The van der Waals surface area contributed by atoms with E-state index in [-0.39, 0.29) is 5.91 Å². The van der Waals surface area contributed by atoms with Gasteiger partial charge in [0.2, 0.25) is 0 Å². The highest BCUT2D eigenvalue weighted by atomic mass is 16.1.